The summed E-state index contributed by atoms with van der Waals surface area (Å²) in [5.74, 6) is 0.0939. The van der Waals surface area contributed by atoms with Crippen molar-refractivity contribution in [3.05, 3.63) is 51.0 Å². The third kappa shape index (κ3) is 3.92. The van der Waals surface area contributed by atoms with Crippen molar-refractivity contribution in [2.24, 2.45) is 0 Å². The van der Waals surface area contributed by atoms with Gasteiger partial charge in [0.05, 0.1) is 17.8 Å². The number of methoxy groups -OCH3 is 1. The summed E-state index contributed by atoms with van der Waals surface area (Å²) in [5, 5.41) is 6.54. The molecule has 0 aromatic heterocycles. The van der Waals surface area contributed by atoms with Crippen LogP contribution in [-0.4, -0.2) is 31.2 Å². The van der Waals surface area contributed by atoms with Crippen LogP contribution in [0.25, 0.3) is 0 Å². The Balaban J connectivity index is 2.11. The van der Waals surface area contributed by atoms with Gasteiger partial charge in [-0.15, -0.1) is 0 Å². The molecule has 7 nitrogen and oxygen atoms in total. The van der Waals surface area contributed by atoms with Crippen LogP contribution in [0.3, 0.4) is 0 Å². The molecular weight excluding hydrogens is 429 g/mol. The van der Waals surface area contributed by atoms with E-state index in [4.69, 9.17) is 44.3 Å². The summed E-state index contributed by atoms with van der Waals surface area (Å²) in [6, 6.07) is 8.02. The minimum Gasteiger partial charge on any atom is -0.494 e. The number of rotatable bonds is 4. The maximum absolute atomic E-state index is 12.3. The molecule has 1 fully saturated rings. The highest BCUT2D eigenvalue weighted by atomic mass is 35.5. The van der Waals surface area contributed by atoms with Gasteiger partial charge in [0.2, 0.25) is 12.1 Å². The lowest BCUT2D eigenvalue weighted by molar-refractivity contribution is -0.114. The van der Waals surface area contributed by atoms with Crippen molar-refractivity contribution in [1.82, 2.24) is 5.01 Å². The summed E-state index contributed by atoms with van der Waals surface area (Å²) >= 11 is 18.5. The van der Waals surface area contributed by atoms with E-state index in [9.17, 15) is 9.59 Å². The highest BCUT2D eigenvalue weighted by Crippen LogP contribution is 2.44. The number of nitrogens with one attached hydrogen (secondary N) is 1. The van der Waals surface area contributed by atoms with Crippen LogP contribution in [0.5, 0.6) is 5.75 Å². The number of carbonyl (C=O) groups excluding carboxylic acids is 2. The maximum atomic E-state index is 12.3. The minimum absolute atomic E-state index is 0.265. The maximum Gasteiger partial charge on any atom is 0.430 e. The van der Waals surface area contributed by atoms with Gasteiger partial charge in [0.1, 0.15) is 11.4 Å². The summed E-state index contributed by atoms with van der Waals surface area (Å²) in [6.07, 6.45) is -1.42. The summed E-state index contributed by atoms with van der Waals surface area (Å²) in [7, 11) is 3.01. The predicted octanol–water partition coefficient (Wildman–Crippen LogP) is 5.12. The lowest BCUT2D eigenvalue weighted by Crippen LogP contribution is -2.36. The van der Waals surface area contributed by atoms with Gasteiger partial charge < -0.3 is 14.8 Å². The molecule has 10 heteroatoms. The molecule has 0 bridgehead atoms. The molecule has 2 aromatic rings. The molecule has 0 saturated carbocycles. The number of hydrazine groups is 1. The van der Waals surface area contributed by atoms with E-state index in [1.165, 1.54) is 19.0 Å². The molecule has 1 N–H and O–H groups in total. The van der Waals surface area contributed by atoms with Gasteiger partial charge in [-0.2, -0.15) is 0 Å². The molecule has 0 radical (unpaired) electrons. The SMILES string of the molecule is COc1cc(NC(C)=O)c(Cl)cc1N1C(c2cc(Cl)cc(Cl)c2)OC(=O)N1C. The van der Waals surface area contributed by atoms with E-state index in [2.05, 4.69) is 5.32 Å². The van der Waals surface area contributed by atoms with Crippen molar-refractivity contribution in [3.63, 3.8) is 0 Å². The standard InChI is InChI=1S/C18H16Cl3N3O4/c1-9(25)22-14-8-16(27-3)15(7-13(14)21)24-17(28-18(26)23(24)2)10-4-11(19)6-12(20)5-10/h4-8,17H,1-3H3,(H,22,25). The second kappa shape index (κ2) is 7.95. The largest absolute Gasteiger partial charge is 0.494 e. The average molecular weight is 445 g/mol. The zero-order valence-electron chi connectivity index (χ0n) is 15.1. The quantitative estimate of drug-likeness (QED) is 0.709. The highest BCUT2D eigenvalue weighted by Gasteiger charge is 2.40. The van der Waals surface area contributed by atoms with Crippen LogP contribution in [-0.2, 0) is 9.53 Å². The predicted molar refractivity (Wildman–Crippen MR) is 108 cm³/mol. The Kier molecular flexibility index (Phi) is 5.79. The fourth-order valence-electron chi connectivity index (χ4n) is 2.85. The smallest absolute Gasteiger partial charge is 0.430 e. The number of nitrogens with zero attached hydrogens (tertiary/aromatic N) is 2. The normalized spacial score (nSPS) is 16.2. The number of benzene rings is 2. The molecule has 1 aliphatic heterocycles. The first-order chi connectivity index (χ1) is 13.2. The van der Waals surface area contributed by atoms with E-state index in [0.717, 1.165) is 0 Å². The highest BCUT2D eigenvalue weighted by molar-refractivity contribution is 6.35. The Hall–Kier alpha value is -2.35. The Labute approximate surface area is 176 Å². The molecule has 1 aliphatic rings. The minimum atomic E-state index is -0.842. The van der Waals surface area contributed by atoms with Crippen LogP contribution in [0.15, 0.2) is 30.3 Å². The number of amides is 2. The third-order valence-electron chi connectivity index (χ3n) is 4.02. The molecule has 2 amide bonds. The first kappa shape index (κ1) is 20.4. The molecule has 0 aliphatic carbocycles. The van der Waals surface area contributed by atoms with Gasteiger partial charge in [-0.05, 0) is 24.3 Å². The monoisotopic (exact) mass is 443 g/mol. The fraction of sp³-hybridized carbons (Fsp3) is 0.222. The Morgan fingerprint density at radius 1 is 1.14 bits per heavy atom. The zero-order chi connectivity index (χ0) is 20.6. The molecule has 2 aromatic carbocycles. The van der Waals surface area contributed by atoms with Crippen molar-refractivity contribution in [3.8, 4) is 5.75 Å². The summed E-state index contributed by atoms with van der Waals surface area (Å²) < 4.78 is 11.0. The van der Waals surface area contributed by atoms with Crippen molar-refractivity contribution in [2.45, 2.75) is 13.2 Å². The molecular formula is C18H16Cl3N3O4. The van der Waals surface area contributed by atoms with E-state index in [1.807, 2.05) is 0 Å². The van der Waals surface area contributed by atoms with Gasteiger partial charge in [-0.25, -0.2) is 14.8 Å². The van der Waals surface area contributed by atoms with Crippen LogP contribution >= 0.6 is 34.8 Å². The first-order valence-corrected chi connectivity index (χ1v) is 9.19. The first-order valence-electron chi connectivity index (χ1n) is 8.06. The van der Waals surface area contributed by atoms with E-state index in [-0.39, 0.29) is 10.9 Å². The lowest BCUT2D eigenvalue weighted by atomic mass is 10.1. The zero-order valence-corrected chi connectivity index (χ0v) is 17.4. The topological polar surface area (TPSA) is 71.1 Å². The number of cyclic esters (lactones) is 1. The molecule has 148 valence electrons. The molecule has 1 unspecified atom stereocenters. The van der Waals surface area contributed by atoms with Gasteiger partial charge >= 0.3 is 6.09 Å². The molecule has 28 heavy (non-hydrogen) atoms. The van der Waals surface area contributed by atoms with E-state index < -0.39 is 12.3 Å². The summed E-state index contributed by atoms with van der Waals surface area (Å²) in [6.45, 7) is 1.37. The van der Waals surface area contributed by atoms with Crippen LogP contribution in [0.1, 0.15) is 18.7 Å². The van der Waals surface area contributed by atoms with Gasteiger partial charge in [-0.3, -0.25) is 4.79 Å². The number of carbonyl (C=O) groups is 2. The Morgan fingerprint density at radius 2 is 1.79 bits per heavy atom. The molecule has 3 rings (SSSR count). The number of hydrogen-bond acceptors (Lipinski definition) is 5. The fourth-order valence-corrected chi connectivity index (χ4v) is 3.60. The molecule has 1 atom stereocenters. The van der Waals surface area contributed by atoms with Gasteiger partial charge in [0.25, 0.3) is 0 Å². The van der Waals surface area contributed by atoms with Crippen LogP contribution in [0.4, 0.5) is 16.2 Å². The van der Waals surface area contributed by atoms with Gasteiger partial charge in [-0.1, -0.05) is 34.8 Å². The molecule has 0 spiro atoms. The summed E-state index contributed by atoms with van der Waals surface area (Å²) in [4.78, 5) is 23.7. The number of hydrogen-bond donors (Lipinski definition) is 1. The van der Waals surface area contributed by atoms with E-state index in [0.29, 0.717) is 32.7 Å². The van der Waals surface area contributed by atoms with Crippen LogP contribution in [0, 0.1) is 0 Å². The Morgan fingerprint density at radius 3 is 2.36 bits per heavy atom. The van der Waals surface area contributed by atoms with Crippen LogP contribution in [0.2, 0.25) is 15.1 Å². The second-order valence-electron chi connectivity index (χ2n) is 5.99. The van der Waals surface area contributed by atoms with Crippen LogP contribution < -0.4 is 15.1 Å². The number of anilines is 2. The van der Waals surface area contributed by atoms with E-state index in [1.54, 1.807) is 42.4 Å². The summed E-state index contributed by atoms with van der Waals surface area (Å²) in [5.41, 5.74) is 1.40. The number of ether oxygens (including phenoxy) is 2. The van der Waals surface area contributed by atoms with Gasteiger partial charge in [0, 0.05) is 35.6 Å². The molecule has 1 heterocycles. The average Bonchev–Trinajstić information content (AvgIpc) is 2.90. The van der Waals surface area contributed by atoms with Crippen molar-refractivity contribution in [1.29, 1.82) is 0 Å². The van der Waals surface area contributed by atoms with E-state index >= 15 is 0 Å². The molecule has 1 saturated heterocycles. The van der Waals surface area contributed by atoms with Gasteiger partial charge in [0.15, 0.2) is 0 Å². The Bertz CT molecular complexity index is 934. The third-order valence-corrected chi connectivity index (χ3v) is 4.77. The number of halogens is 3. The van der Waals surface area contributed by atoms with Crippen molar-refractivity contribution < 1.29 is 19.1 Å². The lowest BCUT2D eigenvalue weighted by Gasteiger charge is -2.30. The second-order valence-corrected chi connectivity index (χ2v) is 7.27. The van der Waals surface area contributed by atoms with Crippen molar-refractivity contribution in [2.75, 3.05) is 24.5 Å². The van der Waals surface area contributed by atoms with Crippen molar-refractivity contribution >= 4 is 58.2 Å².